The summed E-state index contributed by atoms with van der Waals surface area (Å²) < 4.78 is 5.62. The van der Waals surface area contributed by atoms with Crippen LogP contribution in [0, 0.1) is 6.92 Å². The number of pyridine rings is 1. The zero-order valence-corrected chi connectivity index (χ0v) is 19.5. The van der Waals surface area contributed by atoms with Crippen LogP contribution in [0.1, 0.15) is 47.6 Å². The number of amides is 1. The maximum atomic E-state index is 13.7. The normalized spacial score (nSPS) is 15.6. The third-order valence-electron chi connectivity index (χ3n) is 5.78. The van der Waals surface area contributed by atoms with Gasteiger partial charge in [0.2, 0.25) is 5.88 Å². The first kappa shape index (κ1) is 22.0. The Hall–Kier alpha value is -3.79. The van der Waals surface area contributed by atoms with Gasteiger partial charge in [-0.2, -0.15) is 15.0 Å². The van der Waals surface area contributed by atoms with Gasteiger partial charge in [-0.05, 0) is 56.5 Å². The summed E-state index contributed by atoms with van der Waals surface area (Å²) >= 11 is 6.40. The van der Waals surface area contributed by atoms with Gasteiger partial charge in [-0.1, -0.05) is 11.6 Å². The Morgan fingerprint density at radius 1 is 1.24 bits per heavy atom. The number of nitrogens with one attached hydrogen (secondary N) is 1. The number of hydrogen-bond donors (Lipinski definition) is 1. The second-order valence-electron chi connectivity index (χ2n) is 7.94. The Kier molecular flexibility index (Phi) is 5.97. The highest BCUT2D eigenvalue weighted by Gasteiger charge is 2.34. The Balaban J connectivity index is 1.48. The summed E-state index contributed by atoms with van der Waals surface area (Å²) in [7, 11) is 0. The van der Waals surface area contributed by atoms with Crippen LogP contribution in [0.3, 0.4) is 0 Å². The molecule has 1 atom stereocenters. The number of likely N-dealkylation sites (tertiary alicyclic amines) is 1. The molecule has 1 fully saturated rings. The Morgan fingerprint density at radius 3 is 2.85 bits per heavy atom. The van der Waals surface area contributed by atoms with E-state index in [-0.39, 0.29) is 11.9 Å². The van der Waals surface area contributed by atoms with Crippen molar-refractivity contribution in [3.05, 3.63) is 64.8 Å². The highest BCUT2D eigenvalue weighted by molar-refractivity contribution is 6.31. The van der Waals surface area contributed by atoms with Crippen LogP contribution in [-0.2, 0) is 0 Å². The number of aromatic amines is 1. The number of aromatic nitrogens is 7. The number of ether oxygens (including phenoxy) is 1. The summed E-state index contributed by atoms with van der Waals surface area (Å²) in [6.07, 6.45) is 6.42. The lowest BCUT2D eigenvalue weighted by Crippen LogP contribution is -2.32. The summed E-state index contributed by atoms with van der Waals surface area (Å²) in [6.45, 7) is 4.86. The van der Waals surface area contributed by atoms with Gasteiger partial charge in [-0.15, -0.1) is 10.2 Å². The minimum absolute atomic E-state index is 0.161. The first-order valence-corrected chi connectivity index (χ1v) is 11.4. The van der Waals surface area contributed by atoms with Crippen LogP contribution in [0.5, 0.6) is 5.88 Å². The van der Waals surface area contributed by atoms with Gasteiger partial charge < -0.3 is 14.6 Å². The molecule has 1 saturated heterocycles. The fraction of sp³-hybridized carbons (Fsp3) is 0.304. The summed E-state index contributed by atoms with van der Waals surface area (Å²) in [5.74, 6) is 1.48. The second-order valence-corrected chi connectivity index (χ2v) is 8.35. The molecule has 0 bridgehead atoms. The summed E-state index contributed by atoms with van der Waals surface area (Å²) in [5.41, 5.74) is 2.57. The maximum absolute atomic E-state index is 13.7. The van der Waals surface area contributed by atoms with E-state index in [4.69, 9.17) is 16.3 Å². The van der Waals surface area contributed by atoms with E-state index in [9.17, 15) is 4.79 Å². The Morgan fingerprint density at radius 2 is 2.06 bits per heavy atom. The zero-order valence-electron chi connectivity index (χ0n) is 18.8. The van der Waals surface area contributed by atoms with Crippen LogP contribution in [0.2, 0.25) is 5.02 Å². The molecule has 0 saturated carbocycles. The van der Waals surface area contributed by atoms with Crippen molar-refractivity contribution >= 4 is 17.5 Å². The molecule has 4 aromatic rings. The second kappa shape index (κ2) is 9.22. The number of halogens is 1. The molecule has 1 aliphatic heterocycles. The average Bonchev–Trinajstić information content (AvgIpc) is 3.61. The maximum Gasteiger partial charge on any atom is 0.256 e. The summed E-state index contributed by atoms with van der Waals surface area (Å²) in [6, 6.07) is 6.95. The van der Waals surface area contributed by atoms with Crippen LogP contribution < -0.4 is 4.74 Å². The van der Waals surface area contributed by atoms with Gasteiger partial charge in [0.25, 0.3) is 5.91 Å². The summed E-state index contributed by atoms with van der Waals surface area (Å²) in [5, 5.41) is 17.6. The number of nitrogens with zero attached hydrogens (tertiary/aromatic N) is 7. The lowest BCUT2D eigenvalue weighted by atomic mass is 10.1. The topological polar surface area (TPSA) is 115 Å². The molecular weight excluding hydrogens is 456 g/mol. The van der Waals surface area contributed by atoms with Crippen molar-refractivity contribution in [1.29, 1.82) is 0 Å². The number of benzene rings is 1. The van der Waals surface area contributed by atoms with E-state index in [0.717, 1.165) is 24.0 Å². The monoisotopic (exact) mass is 478 g/mol. The van der Waals surface area contributed by atoms with E-state index < -0.39 is 0 Å². The van der Waals surface area contributed by atoms with E-state index in [2.05, 4.69) is 30.4 Å². The van der Waals surface area contributed by atoms with Crippen LogP contribution in [0.15, 0.2) is 42.9 Å². The Labute approximate surface area is 200 Å². The summed E-state index contributed by atoms with van der Waals surface area (Å²) in [4.78, 5) is 24.5. The van der Waals surface area contributed by atoms with E-state index in [1.807, 2.05) is 32.0 Å². The molecule has 1 aliphatic rings. The quantitative estimate of drug-likeness (QED) is 0.448. The molecule has 1 amide bonds. The van der Waals surface area contributed by atoms with Crippen molar-refractivity contribution in [2.24, 2.45) is 0 Å². The van der Waals surface area contributed by atoms with Crippen LogP contribution in [0.25, 0.3) is 17.1 Å². The van der Waals surface area contributed by atoms with Gasteiger partial charge in [0.05, 0.1) is 41.9 Å². The SMILES string of the molecule is CCOc1ncccc1-c1nnc(C2CCCN2C(=O)c2cc(Cl)c(C)cc2-n2nccn2)[nH]1. The van der Waals surface area contributed by atoms with E-state index in [1.165, 1.54) is 4.80 Å². The number of carbonyl (C=O) groups excluding carboxylic acids is 1. The van der Waals surface area contributed by atoms with Crippen molar-refractivity contribution in [2.75, 3.05) is 13.2 Å². The van der Waals surface area contributed by atoms with Crippen LogP contribution in [0.4, 0.5) is 0 Å². The molecule has 1 aromatic carbocycles. The molecule has 0 aliphatic carbocycles. The molecule has 10 nitrogen and oxygen atoms in total. The van der Waals surface area contributed by atoms with E-state index in [0.29, 0.717) is 47.0 Å². The van der Waals surface area contributed by atoms with Gasteiger partial charge in [0.1, 0.15) is 0 Å². The molecule has 34 heavy (non-hydrogen) atoms. The predicted molar refractivity (Wildman–Crippen MR) is 125 cm³/mol. The zero-order chi connectivity index (χ0) is 23.7. The van der Waals surface area contributed by atoms with E-state index in [1.54, 1.807) is 29.6 Å². The largest absolute Gasteiger partial charge is 0.477 e. The standard InChI is InChI=1S/C23H23ClN8O2/c1-3-34-22-15(6-4-8-25-22)20-28-21(30-29-20)18-7-5-11-31(18)23(33)16-13-17(24)14(2)12-19(16)32-26-9-10-27-32/h4,6,8-10,12-13,18H,3,5,7,11H2,1-2H3,(H,28,29,30). The molecule has 11 heteroatoms. The van der Waals surface area contributed by atoms with E-state index >= 15 is 0 Å². The van der Waals surface area contributed by atoms with Crippen molar-refractivity contribution in [3.63, 3.8) is 0 Å². The lowest BCUT2D eigenvalue weighted by Gasteiger charge is -2.24. The number of hydrogen-bond acceptors (Lipinski definition) is 7. The number of rotatable bonds is 6. The molecule has 5 rings (SSSR count). The predicted octanol–water partition coefficient (Wildman–Crippen LogP) is 3.79. The van der Waals surface area contributed by atoms with Crippen molar-refractivity contribution < 1.29 is 9.53 Å². The first-order valence-electron chi connectivity index (χ1n) is 11.1. The molecule has 1 N–H and O–H groups in total. The third kappa shape index (κ3) is 4.01. The van der Waals surface area contributed by atoms with Crippen LogP contribution in [-0.4, -0.2) is 59.1 Å². The minimum Gasteiger partial charge on any atom is -0.477 e. The van der Waals surface area contributed by atoms with Gasteiger partial charge in [0.15, 0.2) is 11.6 Å². The average molecular weight is 479 g/mol. The molecule has 4 heterocycles. The molecule has 174 valence electrons. The molecule has 0 radical (unpaired) electrons. The van der Waals surface area contributed by atoms with Crippen LogP contribution >= 0.6 is 11.6 Å². The van der Waals surface area contributed by atoms with Crippen molar-refractivity contribution in [2.45, 2.75) is 32.7 Å². The number of aryl methyl sites for hydroxylation is 1. The number of H-pyrrole nitrogens is 1. The lowest BCUT2D eigenvalue weighted by molar-refractivity contribution is 0.0729. The fourth-order valence-corrected chi connectivity index (χ4v) is 4.32. The third-order valence-corrected chi connectivity index (χ3v) is 6.19. The highest BCUT2D eigenvalue weighted by atomic mass is 35.5. The molecular formula is C23H23ClN8O2. The van der Waals surface area contributed by atoms with Crippen molar-refractivity contribution in [1.82, 2.24) is 40.1 Å². The van der Waals surface area contributed by atoms with Gasteiger partial charge in [-0.25, -0.2) is 4.98 Å². The highest BCUT2D eigenvalue weighted by Crippen LogP contribution is 2.35. The Bertz CT molecular complexity index is 1320. The number of carbonyl (C=O) groups is 1. The molecule has 3 aromatic heterocycles. The van der Waals surface area contributed by atoms with Gasteiger partial charge in [0, 0.05) is 17.8 Å². The molecule has 1 unspecified atom stereocenters. The first-order chi connectivity index (χ1) is 16.6. The smallest absolute Gasteiger partial charge is 0.256 e. The van der Waals surface area contributed by atoms with Gasteiger partial charge in [-0.3, -0.25) is 4.79 Å². The fourth-order valence-electron chi connectivity index (χ4n) is 4.16. The van der Waals surface area contributed by atoms with Crippen molar-refractivity contribution in [3.8, 4) is 23.0 Å². The molecule has 0 spiro atoms. The minimum atomic E-state index is -0.250. The van der Waals surface area contributed by atoms with Gasteiger partial charge >= 0.3 is 0 Å².